The van der Waals surface area contributed by atoms with E-state index >= 15 is 0 Å². The number of hydrogen-bond donors (Lipinski definition) is 3. The van der Waals surface area contributed by atoms with E-state index in [-0.39, 0.29) is 4.90 Å². The zero-order valence-corrected chi connectivity index (χ0v) is 9.36. The molecule has 88 valence electrons. The summed E-state index contributed by atoms with van der Waals surface area (Å²) in [6.45, 7) is 1.24. The maximum atomic E-state index is 11.7. The minimum Gasteiger partial charge on any atom is -0.480 e. The molecule has 1 rings (SSSR count). The Morgan fingerprint density at radius 1 is 1.50 bits per heavy atom. The van der Waals surface area contributed by atoms with Crippen molar-refractivity contribution < 1.29 is 18.3 Å². The zero-order valence-electron chi connectivity index (χ0n) is 8.54. The van der Waals surface area contributed by atoms with Gasteiger partial charge in [0.2, 0.25) is 10.0 Å². The smallest absolute Gasteiger partial charge is 0.321 e. The molecule has 0 fully saturated rings. The number of rotatable bonds is 4. The number of carbonyl (C=O) groups is 1. The Kier molecular flexibility index (Phi) is 3.51. The van der Waals surface area contributed by atoms with E-state index in [1.165, 1.54) is 25.1 Å². The van der Waals surface area contributed by atoms with Crippen LogP contribution in [-0.4, -0.2) is 25.5 Å². The highest BCUT2D eigenvalue weighted by Crippen LogP contribution is 2.12. The van der Waals surface area contributed by atoms with Crippen LogP contribution < -0.4 is 10.5 Å². The molecule has 0 bridgehead atoms. The van der Waals surface area contributed by atoms with E-state index in [1.807, 2.05) is 4.72 Å². The molecule has 0 aromatic heterocycles. The van der Waals surface area contributed by atoms with E-state index in [4.69, 9.17) is 10.8 Å². The lowest BCUT2D eigenvalue weighted by Crippen LogP contribution is -2.38. The first kappa shape index (κ1) is 12.5. The van der Waals surface area contributed by atoms with Crippen LogP contribution in [0.3, 0.4) is 0 Å². The molecule has 7 heteroatoms. The van der Waals surface area contributed by atoms with E-state index in [1.54, 1.807) is 6.07 Å². The number of carboxylic acids is 1. The maximum Gasteiger partial charge on any atom is 0.321 e. The average Bonchev–Trinajstić information content (AvgIpc) is 2.17. The van der Waals surface area contributed by atoms with E-state index in [0.29, 0.717) is 5.69 Å². The van der Waals surface area contributed by atoms with Crippen molar-refractivity contribution in [2.75, 3.05) is 5.73 Å². The predicted octanol–water partition coefficient (Wildman–Crippen LogP) is 0.0202. The quantitative estimate of drug-likeness (QED) is 0.647. The van der Waals surface area contributed by atoms with Crippen LogP contribution in [0.1, 0.15) is 6.92 Å². The van der Waals surface area contributed by atoms with Gasteiger partial charge in [0.25, 0.3) is 0 Å². The van der Waals surface area contributed by atoms with Gasteiger partial charge in [0.15, 0.2) is 0 Å². The third-order valence-corrected chi connectivity index (χ3v) is 3.41. The summed E-state index contributed by atoms with van der Waals surface area (Å²) in [5.41, 5.74) is 5.73. The van der Waals surface area contributed by atoms with E-state index in [0.717, 1.165) is 0 Å². The van der Waals surface area contributed by atoms with Gasteiger partial charge in [-0.15, -0.1) is 0 Å². The normalized spacial score (nSPS) is 13.3. The highest BCUT2D eigenvalue weighted by Gasteiger charge is 2.21. The maximum absolute atomic E-state index is 11.7. The van der Waals surface area contributed by atoms with Crippen molar-refractivity contribution in [1.82, 2.24) is 4.72 Å². The zero-order chi connectivity index (χ0) is 12.3. The number of nitrogens with two attached hydrogens (primary N) is 1. The Morgan fingerprint density at radius 2 is 2.12 bits per heavy atom. The second-order valence-corrected chi connectivity index (χ2v) is 4.97. The van der Waals surface area contributed by atoms with Crippen molar-refractivity contribution in [2.45, 2.75) is 17.9 Å². The standard InChI is InChI=1S/C9H12N2O4S/c1-6(9(12)13)11-16(14,15)8-4-2-3-7(10)5-8/h2-6,11H,10H2,1H3,(H,12,13)/t6-/m1/s1. The molecule has 1 atom stereocenters. The Bertz CT molecular complexity index is 498. The molecule has 0 heterocycles. The fourth-order valence-corrected chi connectivity index (χ4v) is 2.28. The van der Waals surface area contributed by atoms with Gasteiger partial charge in [-0.05, 0) is 25.1 Å². The van der Waals surface area contributed by atoms with Gasteiger partial charge in [0.1, 0.15) is 6.04 Å². The van der Waals surface area contributed by atoms with Gasteiger partial charge < -0.3 is 10.8 Å². The minimum atomic E-state index is -3.84. The van der Waals surface area contributed by atoms with Crippen LogP contribution in [0.25, 0.3) is 0 Å². The second-order valence-electron chi connectivity index (χ2n) is 3.25. The van der Waals surface area contributed by atoms with Crippen LogP contribution in [-0.2, 0) is 14.8 Å². The molecule has 0 radical (unpaired) electrons. The SMILES string of the molecule is C[C@@H](NS(=O)(=O)c1cccc(N)c1)C(=O)O. The first-order valence-corrected chi connectivity index (χ1v) is 5.92. The minimum absolute atomic E-state index is 0.0550. The first-order chi connectivity index (χ1) is 7.33. The second kappa shape index (κ2) is 4.50. The van der Waals surface area contributed by atoms with Crippen LogP contribution in [0.4, 0.5) is 5.69 Å². The van der Waals surface area contributed by atoms with Crippen LogP contribution in [0.15, 0.2) is 29.2 Å². The van der Waals surface area contributed by atoms with Crippen LogP contribution >= 0.6 is 0 Å². The van der Waals surface area contributed by atoms with Gasteiger partial charge in [0.05, 0.1) is 4.90 Å². The Hall–Kier alpha value is -1.60. The molecule has 1 aromatic rings. The van der Waals surface area contributed by atoms with Crippen molar-refractivity contribution in [3.63, 3.8) is 0 Å². The van der Waals surface area contributed by atoms with E-state index in [2.05, 4.69) is 0 Å². The Balaban J connectivity index is 2.99. The summed E-state index contributed by atoms with van der Waals surface area (Å²) in [6.07, 6.45) is 0. The van der Waals surface area contributed by atoms with Crippen molar-refractivity contribution in [3.8, 4) is 0 Å². The largest absolute Gasteiger partial charge is 0.480 e. The topological polar surface area (TPSA) is 109 Å². The number of anilines is 1. The summed E-state index contributed by atoms with van der Waals surface area (Å²) in [6, 6.07) is 4.44. The van der Waals surface area contributed by atoms with Crippen LogP contribution in [0.5, 0.6) is 0 Å². The number of sulfonamides is 1. The highest BCUT2D eigenvalue weighted by molar-refractivity contribution is 7.89. The summed E-state index contributed by atoms with van der Waals surface area (Å²) >= 11 is 0. The summed E-state index contributed by atoms with van der Waals surface area (Å²) in [5.74, 6) is -1.24. The number of nitrogen functional groups attached to an aromatic ring is 1. The van der Waals surface area contributed by atoms with E-state index < -0.39 is 22.0 Å². The lowest BCUT2D eigenvalue weighted by molar-refractivity contribution is -0.138. The van der Waals surface area contributed by atoms with Crippen molar-refractivity contribution in [3.05, 3.63) is 24.3 Å². The molecule has 0 aliphatic heterocycles. The van der Waals surface area contributed by atoms with E-state index in [9.17, 15) is 13.2 Å². The molecule has 4 N–H and O–H groups in total. The number of nitrogens with one attached hydrogen (secondary N) is 1. The fraction of sp³-hybridized carbons (Fsp3) is 0.222. The fourth-order valence-electron chi connectivity index (χ4n) is 1.03. The summed E-state index contributed by atoms with van der Waals surface area (Å²) in [7, 11) is -3.84. The Labute approximate surface area is 93.1 Å². The molecule has 0 saturated carbocycles. The van der Waals surface area contributed by atoms with Crippen molar-refractivity contribution >= 4 is 21.7 Å². The molecular formula is C9H12N2O4S. The van der Waals surface area contributed by atoms with Gasteiger partial charge in [-0.25, -0.2) is 8.42 Å². The number of benzene rings is 1. The van der Waals surface area contributed by atoms with Crippen LogP contribution in [0.2, 0.25) is 0 Å². The molecular weight excluding hydrogens is 232 g/mol. The predicted molar refractivity (Wildman–Crippen MR) is 58.3 cm³/mol. The third kappa shape index (κ3) is 2.94. The summed E-state index contributed by atoms with van der Waals surface area (Å²) in [5, 5.41) is 8.60. The number of aliphatic carboxylic acids is 1. The Morgan fingerprint density at radius 3 is 2.62 bits per heavy atom. The molecule has 0 saturated heterocycles. The number of hydrogen-bond acceptors (Lipinski definition) is 4. The van der Waals surface area contributed by atoms with Crippen molar-refractivity contribution in [2.24, 2.45) is 0 Å². The number of carboxylic acid groups (broad SMARTS) is 1. The van der Waals surface area contributed by atoms with Gasteiger partial charge in [-0.1, -0.05) is 6.07 Å². The molecule has 16 heavy (non-hydrogen) atoms. The molecule has 1 aromatic carbocycles. The third-order valence-electron chi connectivity index (χ3n) is 1.87. The highest BCUT2D eigenvalue weighted by atomic mass is 32.2. The molecule has 0 spiro atoms. The molecule has 0 unspecified atom stereocenters. The van der Waals surface area contributed by atoms with Gasteiger partial charge in [-0.3, -0.25) is 4.79 Å². The molecule has 0 aliphatic rings. The van der Waals surface area contributed by atoms with Gasteiger partial charge >= 0.3 is 5.97 Å². The average molecular weight is 244 g/mol. The molecule has 6 nitrogen and oxygen atoms in total. The first-order valence-electron chi connectivity index (χ1n) is 4.43. The lowest BCUT2D eigenvalue weighted by Gasteiger charge is -2.10. The summed E-state index contributed by atoms with van der Waals surface area (Å²) in [4.78, 5) is 10.5. The molecule has 0 amide bonds. The van der Waals surface area contributed by atoms with Gasteiger partial charge in [0, 0.05) is 5.69 Å². The van der Waals surface area contributed by atoms with Gasteiger partial charge in [-0.2, -0.15) is 4.72 Å². The molecule has 0 aliphatic carbocycles. The monoisotopic (exact) mass is 244 g/mol. The van der Waals surface area contributed by atoms with Crippen LogP contribution in [0, 0.1) is 0 Å². The summed E-state index contributed by atoms with van der Waals surface area (Å²) < 4.78 is 25.4. The van der Waals surface area contributed by atoms with Crippen molar-refractivity contribution in [1.29, 1.82) is 0 Å². The lowest BCUT2D eigenvalue weighted by atomic mass is 10.3.